The molecule has 1 aliphatic rings. The van der Waals surface area contributed by atoms with Crippen molar-refractivity contribution in [1.82, 2.24) is 10.3 Å². The molecule has 0 atom stereocenters. The predicted molar refractivity (Wildman–Crippen MR) is 75.8 cm³/mol. The molecule has 5 heteroatoms. The van der Waals surface area contributed by atoms with Crippen molar-refractivity contribution in [2.24, 2.45) is 5.92 Å². The standard InChI is InChI=1S/C14H18BrFN2O/c1-10-2-5-14(9-15,6-3-10)18-13(19)11-4-7-17-8-12(11)16/h4,7-8,10H,2-3,5-6,9H2,1H3,(H,18,19). The van der Waals surface area contributed by atoms with Crippen LogP contribution in [0.1, 0.15) is 43.0 Å². The van der Waals surface area contributed by atoms with Crippen LogP contribution in [0.5, 0.6) is 0 Å². The summed E-state index contributed by atoms with van der Waals surface area (Å²) in [6, 6.07) is 1.41. The van der Waals surface area contributed by atoms with Crippen molar-refractivity contribution >= 4 is 21.8 Å². The Labute approximate surface area is 121 Å². The normalized spacial score (nSPS) is 27.0. The molecule has 0 saturated heterocycles. The summed E-state index contributed by atoms with van der Waals surface area (Å²) in [5, 5.41) is 3.71. The predicted octanol–water partition coefficient (Wildman–Crippen LogP) is 3.29. The first-order chi connectivity index (χ1) is 9.06. The minimum Gasteiger partial charge on any atom is -0.346 e. The fraction of sp³-hybridized carbons (Fsp3) is 0.571. The first-order valence-corrected chi connectivity index (χ1v) is 7.66. The summed E-state index contributed by atoms with van der Waals surface area (Å²) in [6.07, 6.45) is 6.53. The second kappa shape index (κ2) is 5.99. The van der Waals surface area contributed by atoms with Gasteiger partial charge in [0.15, 0.2) is 5.82 Å². The number of pyridine rings is 1. The molecule has 1 aromatic rings. The molecule has 19 heavy (non-hydrogen) atoms. The van der Waals surface area contributed by atoms with Crippen molar-refractivity contribution in [3.8, 4) is 0 Å². The van der Waals surface area contributed by atoms with E-state index in [1.54, 1.807) is 0 Å². The molecule has 1 N–H and O–H groups in total. The van der Waals surface area contributed by atoms with Crippen molar-refractivity contribution in [2.45, 2.75) is 38.1 Å². The molecular weight excluding hydrogens is 311 g/mol. The van der Waals surface area contributed by atoms with Gasteiger partial charge >= 0.3 is 0 Å². The van der Waals surface area contributed by atoms with E-state index in [9.17, 15) is 9.18 Å². The molecule has 1 heterocycles. The minimum atomic E-state index is -0.575. The van der Waals surface area contributed by atoms with E-state index in [1.165, 1.54) is 12.3 Å². The number of rotatable bonds is 3. The van der Waals surface area contributed by atoms with Crippen molar-refractivity contribution in [3.05, 3.63) is 29.8 Å². The third-order valence-corrected chi connectivity index (χ3v) is 4.96. The van der Waals surface area contributed by atoms with Crippen LogP contribution in [0.3, 0.4) is 0 Å². The van der Waals surface area contributed by atoms with Gasteiger partial charge in [-0.1, -0.05) is 22.9 Å². The molecule has 3 nitrogen and oxygen atoms in total. The quantitative estimate of drug-likeness (QED) is 0.865. The Morgan fingerprint density at radius 2 is 2.26 bits per heavy atom. The van der Waals surface area contributed by atoms with E-state index in [0.717, 1.165) is 31.9 Å². The molecular formula is C14H18BrFN2O. The maximum Gasteiger partial charge on any atom is 0.254 e. The summed E-state index contributed by atoms with van der Waals surface area (Å²) < 4.78 is 13.5. The number of nitrogens with one attached hydrogen (secondary N) is 1. The van der Waals surface area contributed by atoms with Crippen LogP contribution >= 0.6 is 15.9 Å². The zero-order chi connectivity index (χ0) is 13.9. The monoisotopic (exact) mass is 328 g/mol. The van der Waals surface area contributed by atoms with E-state index < -0.39 is 5.82 Å². The zero-order valence-electron chi connectivity index (χ0n) is 11.0. The summed E-state index contributed by atoms with van der Waals surface area (Å²) >= 11 is 3.49. The number of carbonyl (C=O) groups is 1. The molecule has 0 aliphatic heterocycles. The summed E-state index contributed by atoms with van der Waals surface area (Å²) in [5.41, 5.74) is -0.187. The lowest BCUT2D eigenvalue weighted by molar-refractivity contribution is 0.0870. The van der Waals surface area contributed by atoms with Crippen molar-refractivity contribution in [3.63, 3.8) is 0 Å². The molecule has 2 rings (SSSR count). The lowest BCUT2D eigenvalue weighted by Gasteiger charge is -2.39. The van der Waals surface area contributed by atoms with Crippen LogP contribution in [-0.2, 0) is 0 Å². The van der Waals surface area contributed by atoms with Crippen LogP contribution in [-0.4, -0.2) is 21.8 Å². The number of hydrogen-bond acceptors (Lipinski definition) is 2. The van der Waals surface area contributed by atoms with Gasteiger partial charge in [0.1, 0.15) is 0 Å². The first kappa shape index (κ1) is 14.4. The lowest BCUT2D eigenvalue weighted by atomic mass is 9.78. The van der Waals surface area contributed by atoms with Crippen molar-refractivity contribution < 1.29 is 9.18 Å². The number of amides is 1. The fourth-order valence-corrected chi connectivity index (χ4v) is 3.18. The van der Waals surface area contributed by atoms with E-state index in [4.69, 9.17) is 0 Å². The fourth-order valence-electron chi connectivity index (χ4n) is 2.47. The second-order valence-corrected chi connectivity index (χ2v) is 5.97. The smallest absolute Gasteiger partial charge is 0.254 e. The molecule has 0 aromatic carbocycles. The number of alkyl halides is 1. The van der Waals surface area contributed by atoms with E-state index in [2.05, 4.69) is 33.2 Å². The molecule has 1 aromatic heterocycles. The average Bonchev–Trinajstić information content (AvgIpc) is 2.42. The number of halogens is 2. The summed E-state index contributed by atoms with van der Waals surface area (Å²) in [6.45, 7) is 2.22. The maximum absolute atomic E-state index is 13.5. The van der Waals surface area contributed by atoms with Crippen LogP contribution in [0.2, 0.25) is 0 Å². The second-order valence-electron chi connectivity index (χ2n) is 5.41. The number of aromatic nitrogens is 1. The first-order valence-electron chi connectivity index (χ1n) is 6.54. The van der Waals surface area contributed by atoms with Gasteiger partial charge in [0.05, 0.1) is 17.3 Å². The third kappa shape index (κ3) is 3.32. The minimum absolute atomic E-state index is 0.0638. The van der Waals surface area contributed by atoms with Crippen molar-refractivity contribution in [1.29, 1.82) is 0 Å². The molecule has 1 aliphatic carbocycles. The largest absolute Gasteiger partial charge is 0.346 e. The molecule has 1 saturated carbocycles. The molecule has 0 spiro atoms. The summed E-state index contributed by atoms with van der Waals surface area (Å²) in [5.74, 6) is -0.232. The third-order valence-electron chi connectivity index (χ3n) is 3.88. The average molecular weight is 329 g/mol. The van der Waals surface area contributed by atoms with Gasteiger partial charge in [-0.25, -0.2) is 4.39 Å². The van der Waals surface area contributed by atoms with Gasteiger partial charge in [-0.2, -0.15) is 0 Å². The van der Waals surface area contributed by atoms with Gasteiger partial charge in [-0.3, -0.25) is 9.78 Å². The van der Waals surface area contributed by atoms with E-state index in [1.807, 2.05) is 0 Å². The Morgan fingerprint density at radius 1 is 1.58 bits per heavy atom. The molecule has 1 fully saturated rings. The molecule has 104 valence electrons. The van der Waals surface area contributed by atoms with Crippen LogP contribution in [0, 0.1) is 11.7 Å². The SMILES string of the molecule is CC1CCC(CBr)(NC(=O)c2ccncc2F)CC1. The van der Waals surface area contributed by atoms with E-state index in [-0.39, 0.29) is 17.0 Å². The van der Waals surface area contributed by atoms with Gasteiger partial charge in [0.25, 0.3) is 5.91 Å². The van der Waals surface area contributed by atoms with Crippen LogP contribution < -0.4 is 5.32 Å². The summed E-state index contributed by atoms with van der Waals surface area (Å²) in [7, 11) is 0. The number of hydrogen-bond donors (Lipinski definition) is 1. The topological polar surface area (TPSA) is 42.0 Å². The Balaban J connectivity index is 2.11. The highest BCUT2D eigenvalue weighted by molar-refractivity contribution is 9.09. The van der Waals surface area contributed by atoms with Gasteiger partial charge in [0.2, 0.25) is 0 Å². The van der Waals surface area contributed by atoms with Gasteiger partial charge in [-0.15, -0.1) is 0 Å². The number of carbonyl (C=O) groups excluding carboxylic acids is 1. The zero-order valence-corrected chi connectivity index (χ0v) is 12.5. The van der Waals surface area contributed by atoms with Crippen LogP contribution in [0.25, 0.3) is 0 Å². The molecule has 0 radical (unpaired) electrons. The van der Waals surface area contributed by atoms with E-state index >= 15 is 0 Å². The lowest BCUT2D eigenvalue weighted by Crippen LogP contribution is -2.52. The Morgan fingerprint density at radius 3 is 2.84 bits per heavy atom. The highest BCUT2D eigenvalue weighted by atomic mass is 79.9. The maximum atomic E-state index is 13.5. The molecule has 1 amide bonds. The highest BCUT2D eigenvalue weighted by Crippen LogP contribution is 2.33. The number of nitrogens with zero attached hydrogens (tertiary/aromatic N) is 1. The van der Waals surface area contributed by atoms with E-state index in [0.29, 0.717) is 11.2 Å². The summed E-state index contributed by atoms with van der Waals surface area (Å²) in [4.78, 5) is 15.8. The van der Waals surface area contributed by atoms with Crippen LogP contribution in [0.4, 0.5) is 4.39 Å². The van der Waals surface area contributed by atoms with Crippen LogP contribution in [0.15, 0.2) is 18.5 Å². The molecule has 0 unspecified atom stereocenters. The Kier molecular flexibility index (Phi) is 4.55. The Hall–Kier alpha value is -0.970. The van der Waals surface area contributed by atoms with Crippen molar-refractivity contribution in [2.75, 3.05) is 5.33 Å². The van der Waals surface area contributed by atoms with Gasteiger partial charge in [0, 0.05) is 11.5 Å². The Bertz CT molecular complexity index is 459. The van der Waals surface area contributed by atoms with Gasteiger partial charge < -0.3 is 5.32 Å². The highest BCUT2D eigenvalue weighted by Gasteiger charge is 2.35. The molecule has 0 bridgehead atoms. The van der Waals surface area contributed by atoms with Gasteiger partial charge in [-0.05, 0) is 37.7 Å².